The molecule has 0 unspecified atom stereocenters. The monoisotopic (exact) mass is 271 g/mol. The van der Waals surface area contributed by atoms with E-state index in [1.807, 2.05) is 0 Å². The van der Waals surface area contributed by atoms with Crippen LogP contribution < -0.4 is 4.90 Å². The Morgan fingerprint density at radius 1 is 1.42 bits per heavy atom. The van der Waals surface area contributed by atoms with Crippen molar-refractivity contribution in [3.8, 4) is 0 Å². The second-order valence-corrected chi connectivity index (χ2v) is 4.48. The summed E-state index contributed by atoms with van der Waals surface area (Å²) in [6.45, 7) is 0.849. The molecule has 0 atom stereocenters. The average Bonchev–Trinajstić information content (AvgIpc) is 3.18. The van der Waals surface area contributed by atoms with E-state index in [4.69, 9.17) is 9.84 Å². The summed E-state index contributed by atoms with van der Waals surface area (Å²) in [5.74, 6) is -3.89. The van der Waals surface area contributed by atoms with Crippen LogP contribution in [0.25, 0.3) is 0 Å². The van der Waals surface area contributed by atoms with Gasteiger partial charge in [0.1, 0.15) is 0 Å². The first-order valence-corrected chi connectivity index (χ1v) is 6.03. The van der Waals surface area contributed by atoms with E-state index in [0.29, 0.717) is 13.2 Å². The van der Waals surface area contributed by atoms with Crippen molar-refractivity contribution in [2.75, 3.05) is 25.2 Å². The van der Waals surface area contributed by atoms with Crippen LogP contribution in [0.4, 0.5) is 14.5 Å². The van der Waals surface area contributed by atoms with Crippen LogP contribution in [0.1, 0.15) is 23.2 Å². The number of rotatable bonds is 6. The molecule has 104 valence electrons. The predicted molar refractivity (Wildman–Crippen MR) is 65.6 cm³/mol. The highest BCUT2D eigenvalue weighted by Gasteiger charge is 2.32. The summed E-state index contributed by atoms with van der Waals surface area (Å²) in [6, 6.07) is 2.59. The molecule has 0 aliphatic heterocycles. The van der Waals surface area contributed by atoms with E-state index in [1.165, 1.54) is 13.2 Å². The number of nitrogens with zero attached hydrogens (tertiary/aromatic N) is 1. The van der Waals surface area contributed by atoms with Gasteiger partial charge in [0.25, 0.3) is 0 Å². The standard InChI is InChI=1S/C13H15F2NO3/c1-19-7-6-16(8-2-3-8)10-5-4-9(13(17)18)11(14)12(10)15/h4-5,8H,2-3,6-7H2,1H3,(H,17,18). The zero-order valence-corrected chi connectivity index (χ0v) is 10.5. The van der Waals surface area contributed by atoms with Crippen LogP contribution in [0.5, 0.6) is 0 Å². The van der Waals surface area contributed by atoms with Crippen LogP contribution in [0, 0.1) is 11.6 Å². The number of methoxy groups -OCH3 is 1. The van der Waals surface area contributed by atoms with Gasteiger partial charge in [-0.3, -0.25) is 0 Å². The molecule has 0 aromatic heterocycles. The van der Waals surface area contributed by atoms with Gasteiger partial charge in [0.15, 0.2) is 11.6 Å². The molecule has 19 heavy (non-hydrogen) atoms. The second-order valence-electron chi connectivity index (χ2n) is 4.48. The van der Waals surface area contributed by atoms with Crippen molar-refractivity contribution in [3.05, 3.63) is 29.3 Å². The van der Waals surface area contributed by atoms with Crippen LogP contribution in [0.3, 0.4) is 0 Å². The third-order valence-corrected chi connectivity index (χ3v) is 3.13. The van der Waals surface area contributed by atoms with Crippen molar-refractivity contribution in [3.63, 3.8) is 0 Å². The molecule has 0 amide bonds. The number of anilines is 1. The molecule has 0 heterocycles. The Hall–Kier alpha value is -1.69. The topological polar surface area (TPSA) is 49.8 Å². The number of aromatic carboxylic acids is 1. The van der Waals surface area contributed by atoms with Crippen LogP contribution in [-0.2, 0) is 4.74 Å². The van der Waals surface area contributed by atoms with Crippen molar-refractivity contribution in [2.45, 2.75) is 18.9 Å². The van der Waals surface area contributed by atoms with E-state index in [1.54, 1.807) is 4.90 Å². The number of halogens is 2. The highest BCUT2D eigenvalue weighted by Crippen LogP contribution is 2.34. The number of benzene rings is 1. The fourth-order valence-electron chi connectivity index (χ4n) is 2.00. The van der Waals surface area contributed by atoms with Gasteiger partial charge < -0.3 is 14.7 Å². The lowest BCUT2D eigenvalue weighted by atomic mass is 10.1. The molecule has 1 fully saturated rings. The van der Waals surface area contributed by atoms with Gasteiger partial charge in [-0.25, -0.2) is 13.6 Å². The zero-order chi connectivity index (χ0) is 14.0. The Labute approximate surface area is 109 Å². The lowest BCUT2D eigenvalue weighted by Gasteiger charge is -2.25. The average molecular weight is 271 g/mol. The first kappa shape index (κ1) is 13.7. The third kappa shape index (κ3) is 2.84. The number of hydrogen-bond donors (Lipinski definition) is 1. The smallest absolute Gasteiger partial charge is 0.338 e. The maximum Gasteiger partial charge on any atom is 0.338 e. The molecule has 0 saturated heterocycles. The Bertz CT molecular complexity index is 489. The van der Waals surface area contributed by atoms with Crippen molar-refractivity contribution < 1.29 is 23.4 Å². The molecule has 1 saturated carbocycles. The summed E-state index contributed by atoms with van der Waals surface area (Å²) in [5.41, 5.74) is -0.550. The molecule has 0 bridgehead atoms. The number of carboxylic acid groups (broad SMARTS) is 1. The summed E-state index contributed by atoms with van der Waals surface area (Å²) >= 11 is 0. The fraction of sp³-hybridized carbons (Fsp3) is 0.462. The number of carboxylic acids is 1. The van der Waals surface area contributed by atoms with Gasteiger partial charge in [0.2, 0.25) is 0 Å². The molecule has 4 nitrogen and oxygen atoms in total. The largest absolute Gasteiger partial charge is 0.478 e. The van der Waals surface area contributed by atoms with Gasteiger partial charge in [-0.1, -0.05) is 0 Å². The van der Waals surface area contributed by atoms with E-state index < -0.39 is 23.2 Å². The Balaban J connectivity index is 2.32. The number of hydrogen-bond acceptors (Lipinski definition) is 3. The van der Waals surface area contributed by atoms with Crippen LogP contribution in [-0.4, -0.2) is 37.4 Å². The number of ether oxygens (including phenoxy) is 1. The molecule has 0 radical (unpaired) electrons. The minimum Gasteiger partial charge on any atom is -0.478 e. The summed E-state index contributed by atoms with van der Waals surface area (Å²) in [4.78, 5) is 12.5. The minimum atomic E-state index is -1.47. The molecule has 2 rings (SSSR count). The Morgan fingerprint density at radius 3 is 2.63 bits per heavy atom. The van der Waals surface area contributed by atoms with Gasteiger partial charge in [-0.2, -0.15) is 0 Å². The van der Waals surface area contributed by atoms with E-state index in [2.05, 4.69) is 0 Å². The molecule has 6 heteroatoms. The van der Waals surface area contributed by atoms with E-state index >= 15 is 0 Å². The quantitative estimate of drug-likeness (QED) is 0.862. The molecule has 0 spiro atoms. The third-order valence-electron chi connectivity index (χ3n) is 3.13. The van der Waals surface area contributed by atoms with E-state index in [9.17, 15) is 13.6 Å². The molecular weight excluding hydrogens is 256 g/mol. The highest BCUT2D eigenvalue weighted by atomic mass is 19.2. The van der Waals surface area contributed by atoms with Crippen LogP contribution >= 0.6 is 0 Å². The number of carbonyl (C=O) groups is 1. The molecule has 1 N–H and O–H groups in total. The van der Waals surface area contributed by atoms with Gasteiger partial charge in [-0.15, -0.1) is 0 Å². The minimum absolute atomic E-state index is 0.0991. The van der Waals surface area contributed by atoms with Crippen molar-refractivity contribution in [1.82, 2.24) is 0 Å². The van der Waals surface area contributed by atoms with Gasteiger partial charge in [-0.05, 0) is 25.0 Å². The Morgan fingerprint density at radius 2 is 2.11 bits per heavy atom. The first-order chi connectivity index (χ1) is 9.06. The predicted octanol–water partition coefficient (Wildman–Crippen LogP) is 2.28. The van der Waals surface area contributed by atoms with Crippen molar-refractivity contribution >= 4 is 11.7 Å². The normalized spacial score (nSPS) is 14.5. The fourth-order valence-corrected chi connectivity index (χ4v) is 2.00. The van der Waals surface area contributed by atoms with Gasteiger partial charge in [0, 0.05) is 19.7 Å². The summed E-state index contributed by atoms with van der Waals surface area (Å²) < 4.78 is 32.6. The SMILES string of the molecule is COCCN(c1ccc(C(=O)O)c(F)c1F)C1CC1. The van der Waals surface area contributed by atoms with Crippen LogP contribution in [0.2, 0.25) is 0 Å². The zero-order valence-electron chi connectivity index (χ0n) is 10.5. The van der Waals surface area contributed by atoms with Crippen LogP contribution in [0.15, 0.2) is 12.1 Å². The first-order valence-electron chi connectivity index (χ1n) is 6.03. The highest BCUT2D eigenvalue weighted by molar-refractivity contribution is 5.88. The van der Waals surface area contributed by atoms with Gasteiger partial charge in [0.05, 0.1) is 17.9 Å². The van der Waals surface area contributed by atoms with Crippen molar-refractivity contribution in [1.29, 1.82) is 0 Å². The molecule has 1 aliphatic carbocycles. The maximum absolute atomic E-state index is 14.0. The van der Waals surface area contributed by atoms with E-state index in [-0.39, 0.29) is 11.7 Å². The summed E-state index contributed by atoms with van der Waals surface area (Å²) in [7, 11) is 1.54. The van der Waals surface area contributed by atoms with Gasteiger partial charge >= 0.3 is 5.97 Å². The lowest BCUT2D eigenvalue weighted by molar-refractivity contribution is 0.0690. The maximum atomic E-state index is 14.0. The molecule has 1 aliphatic rings. The molecular formula is C13H15F2NO3. The molecule has 1 aromatic carbocycles. The second kappa shape index (κ2) is 5.52. The van der Waals surface area contributed by atoms with Crippen molar-refractivity contribution in [2.24, 2.45) is 0 Å². The molecule has 1 aromatic rings. The Kier molecular flexibility index (Phi) is 3.99. The van der Waals surface area contributed by atoms with E-state index in [0.717, 1.165) is 18.9 Å². The summed E-state index contributed by atoms with van der Waals surface area (Å²) in [6.07, 6.45) is 1.84. The summed E-state index contributed by atoms with van der Waals surface area (Å²) in [5, 5.41) is 8.74. The lowest BCUT2D eigenvalue weighted by Crippen LogP contribution is -2.30.